The molecule has 0 aliphatic carbocycles. The van der Waals surface area contributed by atoms with Gasteiger partial charge in [-0.05, 0) is 106 Å². The highest BCUT2D eigenvalue weighted by Crippen LogP contribution is 2.44. The average Bonchev–Trinajstić information content (AvgIpc) is 3.97. The van der Waals surface area contributed by atoms with E-state index in [0.29, 0.717) is 6.61 Å². The van der Waals surface area contributed by atoms with Crippen molar-refractivity contribution in [2.24, 2.45) is 5.92 Å². The van der Waals surface area contributed by atoms with Crippen molar-refractivity contribution in [3.8, 4) is 28.1 Å². The topological polar surface area (TPSA) is 155 Å². The Labute approximate surface area is 339 Å². The van der Waals surface area contributed by atoms with Crippen LogP contribution in [0, 0.1) is 5.92 Å². The molecule has 2 aromatic heterocycles. The third-order valence-electron chi connectivity index (χ3n) is 11.1. The highest BCUT2D eigenvalue weighted by molar-refractivity contribution is 14.1. The molecule has 5 aromatic rings. The summed E-state index contributed by atoms with van der Waals surface area (Å²) >= 11 is 2.31. The van der Waals surface area contributed by atoms with Crippen LogP contribution in [0.15, 0.2) is 48.7 Å². The number of nitrogens with one attached hydrogen (secondary N) is 3. The first-order valence-electron chi connectivity index (χ1n) is 19.3. The molecule has 5 heterocycles. The number of nitrogens with zero attached hydrogens (tertiary/aromatic N) is 4. The van der Waals surface area contributed by atoms with Gasteiger partial charge in [0.05, 0.1) is 46.2 Å². The van der Waals surface area contributed by atoms with Crippen molar-refractivity contribution in [3.05, 3.63) is 65.9 Å². The second kappa shape index (κ2) is 14.6. The number of halogens is 1. The number of aromatic nitrogens is 4. The summed E-state index contributed by atoms with van der Waals surface area (Å²) in [7, 11) is 1.30. The Morgan fingerprint density at radius 2 is 1.73 bits per heavy atom. The van der Waals surface area contributed by atoms with Gasteiger partial charge in [0.1, 0.15) is 35.6 Å². The van der Waals surface area contributed by atoms with E-state index >= 15 is 0 Å². The lowest BCUT2D eigenvalue weighted by molar-refractivity contribution is -0.135. The Kier molecular flexibility index (Phi) is 9.90. The molecular weight excluding hydrogens is 825 g/mol. The van der Waals surface area contributed by atoms with Gasteiger partial charge in [0.2, 0.25) is 5.91 Å². The molecule has 2 fully saturated rings. The fourth-order valence-electron chi connectivity index (χ4n) is 8.35. The largest absolute Gasteiger partial charge is 0.488 e. The number of fused-ring (bicyclic) bond motifs is 6. The molecule has 3 aliphatic heterocycles. The summed E-state index contributed by atoms with van der Waals surface area (Å²) in [5, 5.41) is 4.73. The number of hydrogen-bond acceptors (Lipinski definition) is 8. The van der Waals surface area contributed by atoms with Crippen molar-refractivity contribution < 1.29 is 28.6 Å². The number of ether oxygens (including phenoxy) is 3. The van der Waals surface area contributed by atoms with E-state index in [1.54, 1.807) is 0 Å². The number of hydrogen-bond donors (Lipinski definition) is 3. The first-order chi connectivity index (χ1) is 26.7. The first-order valence-corrected chi connectivity index (χ1v) is 20.5. The van der Waals surface area contributed by atoms with Crippen LogP contribution in [-0.4, -0.2) is 76.7 Å². The summed E-state index contributed by atoms with van der Waals surface area (Å²) in [6.07, 6.45) is 4.16. The molecule has 3 N–H and O–H groups in total. The number of aromatic amines is 2. The molecule has 0 spiro atoms. The fraction of sp³-hybridized carbons (Fsp3) is 0.452. The predicted molar refractivity (Wildman–Crippen MR) is 221 cm³/mol. The normalized spacial score (nSPS) is 21.2. The number of carbonyl (C=O) groups is 3. The Balaban J connectivity index is 1.06. The van der Waals surface area contributed by atoms with Crippen molar-refractivity contribution in [1.82, 2.24) is 35.1 Å². The Morgan fingerprint density at radius 1 is 0.964 bits per heavy atom. The fourth-order valence-corrected chi connectivity index (χ4v) is 9.37. The number of benzene rings is 3. The zero-order valence-electron chi connectivity index (χ0n) is 32.7. The third-order valence-corrected chi connectivity index (χ3v) is 12.4. The number of imidazole rings is 2. The van der Waals surface area contributed by atoms with E-state index in [4.69, 9.17) is 24.2 Å². The Morgan fingerprint density at radius 3 is 2.48 bits per heavy atom. The molecular formula is C42H48IN7O6. The van der Waals surface area contributed by atoms with Crippen molar-refractivity contribution in [2.45, 2.75) is 108 Å². The summed E-state index contributed by atoms with van der Waals surface area (Å²) < 4.78 is 16.9. The maximum atomic E-state index is 13.9. The van der Waals surface area contributed by atoms with E-state index in [1.807, 2.05) is 56.7 Å². The zero-order valence-corrected chi connectivity index (χ0v) is 34.9. The number of H-pyrrole nitrogens is 2. The number of amides is 3. The van der Waals surface area contributed by atoms with Gasteiger partial charge in [0, 0.05) is 17.0 Å². The highest BCUT2D eigenvalue weighted by Gasteiger charge is 2.42. The molecule has 56 heavy (non-hydrogen) atoms. The van der Waals surface area contributed by atoms with Gasteiger partial charge in [-0.1, -0.05) is 54.6 Å². The molecule has 3 aromatic carbocycles. The molecule has 0 radical (unpaired) electrons. The molecule has 8 rings (SSSR count). The van der Waals surface area contributed by atoms with Crippen LogP contribution in [0.3, 0.4) is 0 Å². The molecule has 14 heteroatoms. The summed E-state index contributed by atoms with van der Waals surface area (Å²) in [6, 6.07) is 13.6. The van der Waals surface area contributed by atoms with Crippen LogP contribution in [-0.2, 0) is 20.9 Å². The highest BCUT2D eigenvalue weighted by atomic mass is 127. The molecule has 13 nitrogen and oxygen atoms in total. The van der Waals surface area contributed by atoms with Gasteiger partial charge in [0.15, 0.2) is 0 Å². The number of alkyl carbamates (subject to hydrolysis) is 1. The molecule has 0 saturated carbocycles. The van der Waals surface area contributed by atoms with Gasteiger partial charge in [-0.25, -0.2) is 19.6 Å². The third kappa shape index (κ3) is 6.94. The van der Waals surface area contributed by atoms with Gasteiger partial charge < -0.3 is 34.4 Å². The van der Waals surface area contributed by atoms with E-state index < -0.39 is 17.7 Å². The second-order valence-corrected chi connectivity index (χ2v) is 17.9. The van der Waals surface area contributed by atoms with E-state index in [9.17, 15) is 14.4 Å². The Bertz CT molecular complexity index is 2350. The molecule has 0 bridgehead atoms. The zero-order chi connectivity index (χ0) is 39.6. The molecule has 3 aliphatic rings. The van der Waals surface area contributed by atoms with Crippen LogP contribution in [0.5, 0.6) is 5.75 Å². The maximum Gasteiger partial charge on any atom is 0.411 e. The van der Waals surface area contributed by atoms with Crippen molar-refractivity contribution >= 4 is 62.5 Å². The Hall–Kier alpha value is -4.86. The van der Waals surface area contributed by atoms with Crippen molar-refractivity contribution in [3.63, 3.8) is 0 Å². The number of rotatable bonds is 6. The SMILES string of the molecule is COC(=O)N[C@H](C(=O)N1[C@@H](I)CC[C@H]1c1nc2c(ccc3cc4c(cc32)OCc2cc(-c3cnc([C@@H]5CC[C@H](C)N5C(=O)OC(C)(C)C)[nH]3)ccc2-4)[nH]1)C(C)C. The van der Waals surface area contributed by atoms with Gasteiger partial charge in [-0.3, -0.25) is 9.69 Å². The van der Waals surface area contributed by atoms with Gasteiger partial charge in [-0.2, -0.15) is 0 Å². The number of likely N-dealkylation sites (tertiary alicyclic amines) is 2. The van der Waals surface area contributed by atoms with Crippen LogP contribution < -0.4 is 10.1 Å². The van der Waals surface area contributed by atoms with Crippen LogP contribution in [0.4, 0.5) is 9.59 Å². The number of alkyl halides is 1. The van der Waals surface area contributed by atoms with Gasteiger partial charge in [-0.15, -0.1) is 0 Å². The maximum absolute atomic E-state index is 13.9. The lowest BCUT2D eigenvalue weighted by Crippen LogP contribution is -2.52. The average molecular weight is 874 g/mol. The second-order valence-electron chi connectivity index (χ2n) is 16.5. The molecule has 5 atom stereocenters. The predicted octanol–water partition coefficient (Wildman–Crippen LogP) is 8.93. The van der Waals surface area contributed by atoms with Crippen LogP contribution in [0.25, 0.3) is 44.2 Å². The van der Waals surface area contributed by atoms with E-state index in [2.05, 4.69) is 81.2 Å². The quantitative estimate of drug-likeness (QED) is 0.0869. The van der Waals surface area contributed by atoms with Crippen LogP contribution >= 0.6 is 22.6 Å². The summed E-state index contributed by atoms with van der Waals surface area (Å²) in [4.78, 5) is 59.7. The summed E-state index contributed by atoms with van der Waals surface area (Å²) in [5.74, 6) is 1.99. The standard InChI is InChI=1S/C42H48IN7O6/c1-21(2)35(48-40(52)54-7)39(51)50-32(14-15-34(50)43)38-45-29-12-10-23-17-28-26-11-9-24(16-25(26)20-55-33(28)18-27(23)36(29)47-38)30-19-44-37(46-30)31-13-8-22(3)49(31)41(53)56-42(4,5)6/h9-12,16-19,21-22,31-32,34-35H,8,13-15,20H2,1-7H3,(H,44,46)(H,45,47)(H,48,52)/t22-,31-,32-,34+,35-/m0/s1. The van der Waals surface area contributed by atoms with Crippen molar-refractivity contribution in [2.75, 3.05) is 7.11 Å². The van der Waals surface area contributed by atoms with Gasteiger partial charge >= 0.3 is 12.2 Å². The van der Waals surface area contributed by atoms with E-state index in [-0.39, 0.29) is 40.1 Å². The van der Waals surface area contributed by atoms with Crippen LogP contribution in [0.1, 0.15) is 96.5 Å². The number of carbonyl (C=O) groups excluding carboxylic acids is 3. The molecule has 3 amide bonds. The molecule has 2 saturated heterocycles. The molecule has 294 valence electrons. The summed E-state index contributed by atoms with van der Waals surface area (Å²) in [6.45, 7) is 11.9. The van der Waals surface area contributed by atoms with E-state index in [1.165, 1.54) is 7.11 Å². The smallest absolute Gasteiger partial charge is 0.411 e. The monoisotopic (exact) mass is 873 g/mol. The number of methoxy groups -OCH3 is 1. The summed E-state index contributed by atoms with van der Waals surface area (Å²) in [5.41, 5.74) is 6.18. The van der Waals surface area contributed by atoms with E-state index in [0.717, 1.165) is 92.8 Å². The van der Waals surface area contributed by atoms with Crippen molar-refractivity contribution in [1.29, 1.82) is 0 Å². The first kappa shape index (κ1) is 38.0. The van der Waals surface area contributed by atoms with Gasteiger partial charge in [0.25, 0.3) is 0 Å². The van der Waals surface area contributed by atoms with Crippen LogP contribution in [0.2, 0.25) is 0 Å². The minimum Gasteiger partial charge on any atom is -0.488 e. The lowest BCUT2D eigenvalue weighted by Gasteiger charge is -2.32. The lowest BCUT2D eigenvalue weighted by atomic mass is 9.92. The minimum atomic E-state index is -0.720. The molecule has 0 unspecified atom stereocenters. The minimum absolute atomic E-state index is 0.0438.